The Morgan fingerprint density at radius 3 is 1.91 bits per heavy atom. The normalized spacial score (nSPS) is 13.6. The van der Waals surface area contributed by atoms with E-state index in [1.807, 2.05) is 104 Å². The Morgan fingerprint density at radius 1 is 0.719 bits per heavy atom. The average molecular weight is 446 g/mol. The zero-order chi connectivity index (χ0) is 22.7. The molecule has 5 nitrogen and oxygen atoms in total. The predicted molar refractivity (Wildman–Crippen MR) is 131 cm³/mol. The van der Waals surface area contributed by atoms with Gasteiger partial charge in [0.2, 0.25) is 10.0 Å². The second kappa shape index (κ2) is 9.12. The molecule has 0 aliphatic heterocycles. The van der Waals surface area contributed by atoms with Crippen LogP contribution in [0.5, 0.6) is 0 Å². The molecule has 3 N–H and O–H groups in total. The Balaban J connectivity index is 1.80. The number of fused-ring (bicyclic) bond motifs is 1. The first-order valence-electron chi connectivity index (χ1n) is 10.5. The SMILES string of the molecule is CN(C)c1cccc2c(S(=O)(=O)N[C@H](c3ccccc3)[C@H](N)c3ccccc3)cccc12. The molecule has 0 amide bonds. The van der Waals surface area contributed by atoms with Gasteiger partial charge >= 0.3 is 0 Å². The van der Waals surface area contributed by atoms with Crippen LogP contribution in [0, 0.1) is 0 Å². The monoisotopic (exact) mass is 445 g/mol. The Labute approximate surface area is 189 Å². The number of anilines is 1. The predicted octanol–water partition coefficient (Wildman–Crippen LogP) is 4.63. The third kappa shape index (κ3) is 4.39. The number of rotatable bonds is 7. The molecule has 0 bridgehead atoms. The molecule has 0 heterocycles. The molecular formula is C26H27N3O2S. The van der Waals surface area contributed by atoms with Crippen molar-refractivity contribution < 1.29 is 8.42 Å². The van der Waals surface area contributed by atoms with Crippen molar-refractivity contribution in [2.24, 2.45) is 5.73 Å². The summed E-state index contributed by atoms with van der Waals surface area (Å²) in [6.07, 6.45) is 0. The number of nitrogens with zero attached hydrogens (tertiary/aromatic N) is 1. The van der Waals surface area contributed by atoms with E-state index in [0.717, 1.165) is 22.2 Å². The first kappa shape index (κ1) is 22.0. The van der Waals surface area contributed by atoms with Gasteiger partial charge in [-0.05, 0) is 23.3 Å². The van der Waals surface area contributed by atoms with E-state index in [0.29, 0.717) is 5.39 Å². The number of hydrogen-bond acceptors (Lipinski definition) is 4. The molecule has 2 atom stereocenters. The lowest BCUT2D eigenvalue weighted by Crippen LogP contribution is -2.36. The maximum absolute atomic E-state index is 13.7. The summed E-state index contributed by atoms with van der Waals surface area (Å²) in [6.45, 7) is 0. The van der Waals surface area contributed by atoms with Crippen LogP contribution in [0.4, 0.5) is 5.69 Å². The summed E-state index contributed by atoms with van der Waals surface area (Å²) in [6, 6.07) is 28.9. The summed E-state index contributed by atoms with van der Waals surface area (Å²) in [5.74, 6) is 0. The minimum atomic E-state index is -3.88. The van der Waals surface area contributed by atoms with Gasteiger partial charge in [-0.1, -0.05) is 84.9 Å². The second-order valence-corrected chi connectivity index (χ2v) is 9.65. The van der Waals surface area contributed by atoms with Crippen LogP contribution in [0.25, 0.3) is 10.8 Å². The number of benzene rings is 4. The fourth-order valence-electron chi connectivity index (χ4n) is 4.00. The minimum absolute atomic E-state index is 0.236. The van der Waals surface area contributed by atoms with Gasteiger partial charge in [0.1, 0.15) is 0 Å². The Hall–Kier alpha value is -3.19. The van der Waals surface area contributed by atoms with Crippen LogP contribution in [0.3, 0.4) is 0 Å². The third-order valence-electron chi connectivity index (χ3n) is 5.61. The molecule has 4 aromatic carbocycles. The molecule has 0 aliphatic rings. The summed E-state index contributed by atoms with van der Waals surface area (Å²) in [5, 5.41) is 1.55. The summed E-state index contributed by atoms with van der Waals surface area (Å²) in [4.78, 5) is 2.21. The van der Waals surface area contributed by atoms with Crippen molar-refractivity contribution in [1.29, 1.82) is 0 Å². The molecule has 0 aliphatic carbocycles. The van der Waals surface area contributed by atoms with Crippen LogP contribution >= 0.6 is 0 Å². The number of hydrogen-bond donors (Lipinski definition) is 2. The van der Waals surface area contributed by atoms with Crippen molar-refractivity contribution in [2.45, 2.75) is 17.0 Å². The molecule has 0 saturated carbocycles. The van der Waals surface area contributed by atoms with Crippen molar-refractivity contribution in [2.75, 3.05) is 19.0 Å². The van der Waals surface area contributed by atoms with Crippen molar-refractivity contribution in [3.8, 4) is 0 Å². The van der Waals surface area contributed by atoms with E-state index in [4.69, 9.17) is 5.73 Å². The molecule has 32 heavy (non-hydrogen) atoms. The van der Waals surface area contributed by atoms with Crippen molar-refractivity contribution >= 4 is 26.5 Å². The summed E-state index contributed by atoms with van der Waals surface area (Å²) < 4.78 is 30.2. The Kier molecular flexibility index (Phi) is 6.28. The molecule has 0 saturated heterocycles. The molecule has 4 rings (SSSR count). The molecule has 4 aromatic rings. The van der Waals surface area contributed by atoms with Gasteiger partial charge in [-0.2, -0.15) is 0 Å². The third-order valence-corrected chi connectivity index (χ3v) is 7.11. The van der Waals surface area contributed by atoms with E-state index >= 15 is 0 Å². The van der Waals surface area contributed by atoms with Gasteiger partial charge in [-0.25, -0.2) is 13.1 Å². The maximum atomic E-state index is 13.7. The highest BCUT2D eigenvalue weighted by molar-refractivity contribution is 7.89. The standard InChI is InChI=1S/C26H27N3O2S/c1-29(2)23-17-9-16-22-21(23)15-10-18-24(22)32(30,31)28-26(20-13-7-4-8-14-20)25(27)19-11-5-3-6-12-19/h3-18,25-26,28H,27H2,1-2H3/t25-,26-/m1/s1. The van der Waals surface area contributed by atoms with Crippen LogP contribution in [0.15, 0.2) is 102 Å². The second-order valence-electron chi connectivity index (χ2n) is 7.97. The molecule has 0 radical (unpaired) electrons. The van der Waals surface area contributed by atoms with Crippen molar-refractivity contribution in [3.05, 3.63) is 108 Å². The largest absolute Gasteiger partial charge is 0.377 e. The average Bonchev–Trinajstić information content (AvgIpc) is 2.82. The summed E-state index contributed by atoms with van der Waals surface area (Å²) in [5.41, 5.74) is 9.22. The molecule has 0 fully saturated rings. The van der Waals surface area contributed by atoms with E-state index in [2.05, 4.69) is 4.72 Å². The molecule has 0 unspecified atom stereocenters. The summed E-state index contributed by atoms with van der Waals surface area (Å²) in [7, 11) is 0.00770. The van der Waals surface area contributed by atoms with E-state index in [1.165, 1.54) is 0 Å². The van der Waals surface area contributed by atoms with Crippen LogP contribution in [-0.4, -0.2) is 22.5 Å². The molecule has 0 aromatic heterocycles. The number of sulfonamides is 1. The topological polar surface area (TPSA) is 75.4 Å². The molecule has 6 heteroatoms. The quantitative estimate of drug-likeness (QED) is 0.435. The van der Waals surface area contributed by atoms with E-state index in [-0.39, 0.29) is 4.90 Å². The van der Waals surface area contributed by atoms with Gasteiger partial charge in [0.25, 0.3) is 0 Å². The minimum Gasteiger partial charge on any atom is -0.377 e. The van der Waals surface area contributed by atoms with E-state index < -0.39 is 22.1 Å². The van der Waals surface area contributed by atoms with Crippen LogP contribution in [0.2, 0.25) is 0 Å². The van der Waals surface area contributed by atoms with Crippen LogP contribution < -0.4 is 15.4 Å². The lowest BCUT2D eigenvalue weighted by atomic mass is 9.95. The molecular weight excluding hydrogens is 418 g/mol. The Morgan fingerprint density at radius 2 is 1.28 bits per heavy atom. The van der Waals surface area contributed by atoms with Crippen molar-refractivity contribution in [3.63, 3.8) is 0 Å². The van der Waals surface area contributed by atoms with Gasteiger partial charge in [-0.3, -0.25) is 0 Å². The van der Waals surface area contributed by atoms with E-state index in [9.17, 15) is 8.42 Å². The maximum Gasteiger partial charge on any atom is 0.241 e. The molecule has 164 valence electrons. The van der Waals surface area contributed by atoms with Crippen molar-refractivity contribution in [1.82, 2.24) is 4.72 Å². The smallest absolute Gasteiger partial charge is 0.241 e. The van der Waals surface area contributed by atoms with Crippen LogP contribution in [-0.2, 0) is 10.0 Å². The lowest BCUT2D eigenvalue weighted by Gasteiger charge is -2.26. The highest BCUT2D eigenvalue weighted by Crippen LogP contribution is 2.33. The summed E-state index contributed by atoms with van der Waals surface area (Å²) >= 11 is 0. The Bertz CT molecular complexity index is 1310. The highest BCUT2D eigenvalue weighted by atomic mass is 32.2. The van der Waals surface area contributed by atoms with Crippen LogP contribution in [0.1, 0.15) is 23.2 Å². The lowest BCUT2D eigenvalue weighted by molar-refractivity contribution is 0.504. The zero-order valence-electron chi connectivity index (χ0n) is 18.1. The first-order valence-corrected chi connectivity index (χ1v) is 11.9. The fraction of sp³-hybridized carbons (Fsp3) is 0.154. The molecule has 0 spiro atoms. The highest BCUT2D eigenvalue weighted by Gasteiger charge is 2.28. The fourth-order valence-corrected chi connectivity index (χ4v) is 5.47. The van der Waals surface area contributed by atoms with E-state index in [1.54, 1.807) is 12.1 Å². The zero-order valence-corrected chi connectivity index (χ0v) is 19.0. The van der Waals surface area contributed by atoms with Gasteiger partial charge in [0.15, 0.2) is 0 Å². The number of nitrogens with one attached hydrogen (secondary N) is 1. The number of nitrogens with two attached hydrogens (primary N) is 1. The van der Waals surface area contributed by atoms with Gasteiger partial charge in [0.05, 0.1) is 17.0 Å². The van der Waals surface area contributed by atoms with Gasteiger partial charge in [0, 0.05) is 30.6 Å². The van der Waals surface area contributed by atoms with Gasteiger partial charge < -0.3 is 10.6 Å². The first-order chi connectivity index (χ1) is 15.4. The van der Waals surface area contributed by atoms with Gasteiger partial charge in [-0.15, -0.1) is 0 Å².